The molecular formula is C17H27N3O2. The second-order valence-corrected chi connectivity index (χ2v) is 6.23. The maximum atomic E-state index is 10.8. The van der Waals surface area contributed by atoms with E-state index in [0.29, 0.717) is 18.9 Å². The normalized spacial score (nSPS) is 17.5. The number of rotatable bonds is 7. The van der Waals surface area contributed by atoms with Crippen LogP contribution in [-0.4, -0.2) is 36.8 Å². The van der Waals surface area contributed by atoms with Crippen LogP contribution in [0.4, 0.5) is 5.69 Å². The number of carbonyl (C=O) groups is 1. The van der Waals surface area contributed by atoms with Crippen LogP contribution >= 0.6 is 0 Å². The Balaban J connectivity index is 1.81. The van der Waals surface area contributed by atoms with Gasteiger partial charge >= 0.3 is 0 Å². The van der Waals surface area contributed by atoms with Gasteiger partial charge in [0.15, 0.2) is 0 Å². The number of piperidine rings is 1. The minimum atomic E-state index is -0.276. The van der Waals surface area contributed by atoms with Crippen molar-refractivity contribution in [1.29, 1.82) is 0 Å². The molecule has 1 aliphatic rings. The fourth-order valence-electron chi connectivity index (χ4n) is 2.86. The lowest BCUT2D eigenvalue weighted by molar-refractivity contribution is -0.118. The Morgan fingerprint density at radius 2 is 2.00 bits per heavy atom. The van der Waals surface area contributed by atoms with E-state index in [9.17, 15) is 9.90 Å². The molecule has 22 heavy (non-hydrogen) atoms. The van der Waals surface area contributed by atoms with E-state index >= 15 is 0 Å². The van der Waals surface area contributed by atoms with E-state index in [-0.39, 0.29) is 11.9 Å². The van der Waals surface area contributed by atoms with Gasteiger partial charge in [0.1, 0.15) is 0 Å². The molecule has 0 bridgehead atoms. The van der Waals surface area contributed by atoms with Crippen molar-refractivity contribution in [3.8, 4) is 0 Å². The van der Waals surface area contributed by atoms with Crippen LogP contribution in [0.5, 0.6) is 0 Å². The first-order valence-electron chi connectivity index (χ1n) is 8.05. The zero-order valence-corrected chi connectivity index (χ0v) is 13.3. The molecule has 1 heterocycles. The molecule has 5 nitrogen and oxygen atoms in total. The molecule has 2 rings (SSSR count). The maximum Gasteiger partial charge on any atom is 0.218 e. The summed E-state index contributed by atoms with van der Waals surface area (Å²) in [5, 5.41) is 12.5. The first kappa shape index (κ1) is 16.8. The Hall–Kier alpha value is -1.59. The molecule has 1 amide bonds. The first-order valence-corrected chi connectivity index (χ1v) is 8.05. The quantitative estimate of drug-likeness (QED) is 0.708. The average molecular weight is 305 g/mol. The summed E-state index contributed by atoms with van der Waals surface area (Å²) in [5.41, 5.74) is 7.62. The van der Waals surface area contributed by atoms with E-state index in [2.05, 4.69) is 34.5 Å². The number of carbonyl (C=O) groups excluding carboxylic acids is 1. The second kappa shape index (κ2) is 8.15. The van der Waals surface area contributed by atoms with Gasteiger partial charge in [-0.3, -0.25) is 4.79 Å². The second-order valence-electron chi connectivity index (χ2n) is 6.23. The molecule has 5 heteroatoms. The number of hydrogen-bond donors (Lipinski definition) is 3. The lowest BCUT2D eigenvalue weighted by Crippen LogP contribution is -2.34. The standard InChI is InChI=1S/C17H27N3O2/c1-13(10-17(18)22)19-11-14-2-4-16(5-3-14)20-8-6-15(12-21)7-9-20/h2-5,13,15,19,21H,6-12H2,1H3,(H2,18,22). The predicted molar refractivity (Wildman–Crippen MR) is 88.6 cm³/mol. The zero-order chi connectivity index (χ0) is 15.9. The first-order chi connectivity index (χ1) is 10.6. The number of nitrogens with one attached hydrogen (secondary N) is 1. The minimum Gasteiger partial charge on any atom is -0.396 e. The van der Waals surface area contributed by atoms with Crippen LogP contribution in [0.2, 0.25) is 0 Å². The highest BCUT2D eigenvalue weighted by Crippen LogP contribution is 2.23. The van der Waals surface area contributed by atoms with E-state index in [0.717, 1.165) is 32.5 Å². The molecule has 4 N–H and O–H groups in total. The summed E-state index contributed by atoms with van der Waals surface area (Å²) < 4.78 is 0. The number of primary amides is 1. The number of aliphatic hydroxyl groups is 1. The van der Waals surface area contributed by atoms with Crippen molar-refractivity contribution in [3.63, 3.8) is 0 Å². The Kier molecular flexibility index (Phi) is 6.21. The Morgan fingerprint density at radius 3 is 2.55 bits per heavy atom. The van der Waals surface area contributed by atoms with E-state index < -0.39 is 0 Å². The Bertz CT molecular complexity index is 467. The van der Waals surface area contributed by atoms with Crippen LogP contribution in [0, 0.1) is 5.92 Å². The molecule has 0 aromatic heterocycles. The van der Waals surface area contributed by atoms with Crippen molar-refractivity contribution in [2.45, 2.75) is 38.8 Å². The monoisotopic (exact) mass is 305 g/mol. The van der Waals surface area contributed by atoms with Gasteiger partial charge in [0, 0.05) is 44.4 Å². The van der Waals surface area contributed by atoms with Crippen LogP contribution in [0.1, 0.15) is 31.7 Å². The van der Waals surface area contributed by atoms with Gasteiger partial charge in [-0.1, -0.05) is 12.1 Å². The highest BCUT2D eigenvalue weighted by molar-refractivity contribution is 5.74. The lowest BCUT2D eigenvalue weighted by atomic mass is 9.97. The molecule has 1 aromatic rings. The summed E-state index contributed by atoms with van der Waals surface area (Å²) >= 11 is 0. The Morgan fingerprint density at radius 1 is 1.36 bits per heavy atom. The third kappa shape index (κ3) is 5.00. The fraction of sp³-hybridized carbons (Fsp3) is 0.588. The van der Waals surface area contributed by atoms with E-state index in [1.54, 1.807) is 0 Å². The topological polar surface area (TPSA) is 78.6 Å². The third-order valence-corrected chi connectivity index (χ3v) is 4.34. The van der Waals surface area contributed by atoms with Crippen molar-refractivity contribution in [3.05, 3.63) is 29.8 Å². The summed E-state index contributed by atoms with van der Waals surface area (Å²) in [6.45, 7) is 5.03. The van der Waals surface area contributed by atoms with E-state index in [1.165, 1.54) is 11.3 Å². The molecule has 122 valence electrons. The molecule has 0 saturated carbocycles. The van der Waals surface area contributed by atoms with Crippen LogP contribution in [-0.2, 0) is 11.3 Å². The molecule has 1 atom stereocenters. The minimum absolute atomic E-state index is 0.0923. The van der Waals surface area contributed by atoms with Gasteiger partial charge in [-0.25, -0.2) is 0 Å². The molecule has 1 aliphatic heterocycles. The van der Waals surface area contributed by atoms with Crippen LogP contribution in [0.15, 0.2) is 24.3 Å². The number of nitrogens with two attached hydrogens (primary N) is 1. The van der Waals surface area contributed by atoms with Gasteiger partial charge in [-0.05, 0) is 43.4 Å². The van der Waals surface area contributed by atoms with Gasteiger partial charge in [0.05, 0.1) is 0 Å². The van der Waals surface area contributed by atoms with Crippen molar-refractivity contribution in [1.82, 2.24) is 5.32 Å². The van der Waals surface area contributed by atoms with Crippen molar-refractivity contribution in [2.24, 2.45) is 11.7 Å². The molecule has 0 spiro atoms. The molecule has 1 unspecified atom stereocenters. The number of amides is 1. The average Bonchev–Trinajstić information content (AvgIpc) is 2.53. The molecule has 1 saturated heterocycles. The highest BCUT2D eigenvalue weighted by Gasteiger charge is 2.18. The van der Waals surface area contributed by atoms with E-state index in [4.69, 9.17) is 5.73 Å². The van der Waals surface area contributed by atoms with Crippen molar-refractivity contribution < 1.29 is 9.90 Å². The fourth-order valence-corrected chi connectivity index (χ4v) is 2.86. The van der Waals surface area contributed by atoms with Crippen LogP contribution in [0.3, 0.4) is 0 Å². The summed E-state index contributed by atoms with van der Waals surface area (Å²) in [6, 6.07) is 8.63. The lowest BCUT2D eigenvalue weighted by Gasteiger charge is -2.33. The van der Waals surface area contributed by atoms with Crippen molar-refractivity contribution in [2.75, 3.05) is 24.6 Å². The summed E-state index contributed by atoms with van der Waals surface area (Å²) in [6.07, 6.45) is 2.48. The van der Waals surface area contributed by atoms with Crippen LogP contribution < -0.4 is 16.0 Å². The summed E-state index contributed by atoms with van der Waals surface area (Å²) in [7, 11) is 0. The van der Waals surface area contributed by atoms with Gasteiger partial charge < -0.3 is 21.1 Å². The molecule has 0 radical (unpaired) electrons. The highest BCUT2D eigenvalue weighted by atomic mass is 16.3. The molecule has 1 fully saturated rings. The number of benzene rings is 1. The third-order valence-electron chi connectivity index (χ3n) is 4.34. The summed E-state index contributed by atoms with van der Waals surface area (Å²) in [5.74, 6) is 0.188. The number of nitrogens with zero attached hydrogens (tertiary/aromatic N) is 1. The van der Waals surface area contributed by atoms with E-state index in [1.807, 2.05) is 6.92 Å². The molecule has 1 aromatic carbocycles. The zero-order valence-electron chi connectivity index (χ0n) is 13.3. The smallest absolute Gasteiger partial charge is 0.218 e. The molecule has 0 aliphatic carbocycles. The largest absolute Gasteiger partial charge is 0.396 e. The number of aliphatic hydroxyl groups excluding tert-OH is 1. The van der Waals surface area contributed by atoms with Crippen LogP contribution in [0.25, 0.3) is 0 Å². The van der Waals surface area contributed by atoms with Gasteiger partial charge in [0.2, 0.25) is 5.91 Å². The van der Waals surface area contributed by atoms with Gasteiger partial charge in [-0.2, -0.15) is 0 Å². The Labute approximate surface area is 132 Å². The van der Waals surface area contributed by atoms with Gasteiger partial charge in [0.25, 0.3) is 0 Å². The number of anilines is 1. The predicted octanol–water partition coefficient (Wildman–Crippen LogP) is 1.25. The SMILES string of the molecule is CC(CC(N)=O)NCc1ccc(N2CCC(CO)CC2)cc1. The maximum absolute atomic E-state index is 10.8. The number of hydrogen-bond acceptors (Lipinski definition) is 4. The van der Waals surface area contributed by atoms with Crippen molar-refractivity contribution >= 4 is 11.6 Å². The summed E-state index contributed by atoms with van der Waals surface area (Å²) in [4.78, 5) is 13.2. The van der Waals surface area contributed by atoms with Gasteiger partial charge in [-0.15, -0.1) is 0 Å². The molecular weight excluding hydrogens is 278 g/mol.